The highest BCUT2D eigenvalue weighted by molar-refractivity contribution is 5.84. The van der Waals surface area contributed by atoms with Crippen molar-refractivity contribution >= 4 is 23.6 Å². The number of hydrogen-bond acceptors (Lipinski definition) is 6. The van der Waals surface area contributed by atoms with E-state index in [1.165, 1.54) is 0 Å². The molecule has 0 atom stereocenters. The molecule has 1 rings (SSSR count). The van der Waals surface area contributed by atoms with Crippen LogP contribution >= 0.6 is 0 Å². The first-order chi connectivity index (χ1) is 16.4. The van der Waals surface area contributed by atoms with E-state index < -0.39 is 0 Å². The number of hydrogen-bond donors (Lipinski definition) is 0. The highest BCUT2D eigenvalue weighted by atomic mass is 15.4. The third-order valence-electron chi connectivity index (χ3n) is 5.67. The number of aliphatic imine (C=N–C) groups is 2. The van der Waals surface area contributed by atoms with E-state index >= 15 is 0 Å². The van der Waals surface area contributed by atoms with Crippen LogP contribution in [-0.2, 0) is 0 Å². The lowest BCUT2D eigenvalue weighted by molar-refractivity contribution is 0.351. The van der Waals surface area contributed by atoms with Crippen LogP contribution in [0.15, 0.2) is 9.98 Å². The average Bonchev–Trinajstić information content (AvgIpc) is 2.86. The fourth-order valence-electron chi connectivity index (χ4n) is 3.62. The monoisotopic (exact) mass is 468 g/mol. The summed E-state index contributed by atoms with van der Waals surface area (Å²) in [6.07, 6.45) is 0. The summed E-state index contributed by atoms with van der Waals surface area (Å²) in [4.78, 5) is 26.8. The highest BCUT2D eigenvalue weighted by Gasteiger charge is 2.21. The zero-order chi connectivity index (χ0) is 25.7. The fraction of sp³-hybridized carbons (Fsp3) is 0.667. The molecule has 0 saturated carbocycles. The van der Waals surface area contributed by atoms with Crippen molar-refractivity contribution in [2.45, 2.75) is 55.4 Å². The van der Waals surface area contributed by atoms with E-state index in [9.17, 15) is 10.5 Å². The van der Waals surface area contributed by atoms with E-state index in [0.29, 0.717) is 11.9 Å². The summed E-state index contributed by atoms with van der Waals surface area (Å²) in [5.74, 6) is 1.71. The highest BCUT2D eigenvalue weighted by Crippen LogP contribution is 2.23. The van der Waals surface area contributed by atoms with Gasteiger partial charge in [0.2, 0.25) is 11.9 Å². The van der Waals surface area contributed by atoms with Crippen LogP contribution in [0.2, 0.25) is 0 Å². The van der Waals surface area contributed by atoms with Gasteiger partial charge in [-0.05, 0) is 55.4 Å². The first-order valence-electron chi connectivity index (χ1n) is 12.3. The van der Waals surface area contributed by atoms with E-state index in [0.717, 1.165) is 52.4 Å². The van der Waals surface area contributed by atoms with E-state index in [1.54, 1.807) is 0 Å². The predicted molar refractivity (Wildman–Crippen MR) is 137 cm³/mol. The van der Waals surface area contributed by atoms with Crippen LogP contribution in [0.1, 0.15) is 66.8 Å². The molecule has 10 heteroatoms. The van der Waals surface area contributed by atoms with Crippen molar-refractivity contribution in [2.24, 2.45) is 9.98 Å². The summed E-state index contributed by atoms with van der Waals surface area (Å²) in [6, 6.07) is 4.21. The van der Waals surface area contributed by atoms with Gasteiger partial charge in [0.1, 0.15) is 12.1 Å². The Labute approximate surface area is 205 Å². The molecule has 34 heavy (non-hydrogen) atoms. The molecule has 0 N–H and O–H groups in total. The first-order valence-corrected chi connectivity index (χ1v) is 12.3. The summed E-state index contributed by atoms with van der Waals surface area (Å²) in [5, 5.41) is 19.7. The molecule has 0 fully saturated rings. The lowest BCUT2D eigenvalue weighted by atomic mass is 10.3. The second-order valence-corrected chi connectivity index (χ2v) is 7.30. The van der Waals surface area contributed by atoms with Crippen molar-refractivity contribution in [3.63, 3.8) is 0 Å². The van der Waals surface area contributed by atoms with Gasteiger partial charge in [0, 0.05) is 52.4 Å². The van der Waals surface area contributed by atoms with Crippen LogP contribution in [0.25, 0.3) is 0 Å². The molecule has 186 valence electrons. The van der Waals surface area contributed by atoms with Crippen LogP contribution in [0.4, 0.5) is 11.6 Å². The van der Waals surface area contributed by atoms with Gasteiger partial charge in [-0.1, -0.05) is 0 Å². The average molecular weight is 469 g/mol. The molecule has 0 aliphatic heterocycles. The van der Waals surface area contributed by atoms with Gasteiger partial charge in [0.15, 0.2) is 23.0 Å². The summed E-state index contributed by atoms with van der Waals surface area (Å²) in [7, 11) is 0. The zero-order valence-corrected chi connectivity index (χ0v) is 22.1. The summed E-state index contributed by atoms with van der Waals surface area (Å²) >= 11 is 0. The maximum absolute atomic E-state index is 9.86. The Morgan fingerprint density at radius 2 is 0.794 bits per heavy atom. The van der Waals surface area contributed by atoms with Crippen LogP contribution in [-0.4, -0.2) is 93.8 Å². The molecule has 0 spiro atoms. The molecule has 1 aromatic heterocycles. The lowest BCUT2D eigenvalue weighted by Gasteiger charge is -2.32. The summed E-state index contributed by atoms with van der Waals surface area (Å²) < 4.78 is 0. The van der Waals surface area contributed by atoms with E-state index in [-0.39, 0.29) is 23.0 Å². The Morgan fingerprint density at radius 3 is 0.971 bits per heavy atom. The molecule has 0 bridgehead atoms. The minimum Gasteiger partial charge on any atom is -0.343 e. The number of aromatic nitrogens is 2. The van der Waals surface area contributed by atoms with Crippen LogP contribution < -0.4 is 0 Å². The molecule has 10 nitrogen and oxygen atoms in total. The maximum Gasteiger partial charge on any atom is 0.203 e. The van der Waals surface area contributed by atoms with Crippen molar-refractivity contribution in [1.29, 1.82) is 10.5 Å². The SMILES string of the molecule is CCN(CC)C(=Nc1nc(C#N)c(N=C(N(CC)CC)N(CC)CC)nc1C#N)N(CC)CC. The van der Waals surface area contributed by atoms with Crippen molar-refractivity contribution in [3.8, 4) is 12.1 Å². The molecular weight excluding hydrogens is 428 g/mol. The Kier molecular flexibility index (Phi) is 12.4. The normalized spacial score (nSPS) is 10.1. The Morgan fingerprint density at radius 1 is 0.559 bits per heavy atom. The quantitative estimate of drug-likeness (QED) is 0.378. The molecule has 0 aromatic carbocycles. The fourth-order valence-corrected chi connectivity index (χ4v) is 3.62. The Hall–Kier alpha value is -3.40. The number of nitriles is 2. The molecule has 0 radical (unpaired) electrons. The maximum atomic E-state index is 9.86. The lowest BCUT2D eigenvalue weighted by Crippen LogP contribution is -2.44. The minimum atomic E-state index is 0.0491. The van der Waals surface area contributed by atoms with E-state index in [1.807, 2.05) is 0 Å². The second kappa shape index (κ2) is 14.7. The van der Waals surface area contributed by atoms with Gasteiger partial charge < -0.3 is 19.6 Å². The summed E-state index contributed by atoms with van der Waals surface area (Å²) in [5.41, 5.74) is 0.0982. The van der Waals surface area contributed by atoms with Gasteiger partial charge in [-0.15, -0.1) is 0 Å². The van der Waals surface area contributed by atoms with Crippen LogP contribution in [0.3, 0.4) is 0 Å². The minimum absolute atomic E-state index is 0.0491. The van der Waals surface area contributed by atoms with Gasteiger partial charge in [-0.2, -0.15) is 20.5 Å². The zero-order valence-electron chi connectivity index (χ0n) is 22.1. The second-order valence-electron chi connectivity index (χ2n) is 7.30. The molecular formula is C24H40N10. The number of guanidine groups is 2. The number of nitrogens with zero attached hydrogens (tertiary/aromatic N) is 10. The smallest absolute Gasteiger partial charge is 0.203 e. The molecule has 0 unspecified atom stereocenters. The first kappa shape index (κ1) is 28.6. The molecule has 0 amide bonds. The van der Waals surface area contributed by atoms with Crippen molar-refractivity contribution in [1.82, 2.24) is 29.6 Å². The van der Waals surface area contributed by atoms with E-state index in [4.69, 9.17) is 9.98 Å². The van der Waals surface area contributed by atoms with Gasteiger partial charge in [0.05, 0.1) is 0 Å². The van der Waals surface area contributed by atoms with E-state index in [2.05, 4.69) is 97.1 Å². The predicted octanol–water partition coefficient (Wildman–Crippen LogP) is 3.56. The molecule has 1 heterocycles. The molecule has 1 aromatic rings. The van der Waals surface area contributed by atoms with Crippen LogP contribution in [0, 0.1) is 22.7 Å². The van der Waals surface area contributed by atoms with Gasteiger partial charge in [-0.25, -0.2) is 9.97 Å². The standard InChI is InChI=1S/C24H40N10/c1-9-31(10-2)23(32(11-3)12-4)29-21-19(17-25)28-22(20(18-26)27-21)30-24(33(13-5)14-6)34(15-7)16-8/h9-16H2,1-8H3. The summed E-state index contributed by atoms with van der Waals surface area (Å²) in [6.45, 7) is 22.5. The van der Waals surface area contributed by atoms with Gasteiger partial charge in [-0.3, -0.25) is 0 Å². The van der Waals surface area contributed by atoms with Gasteiger partial charge in [0.25, 0.3) is 0 Å². The largest absolute Gasteiger partial charge is 0.343 e. The third kappa shape index (κ3) is 6.80. The topological polar surface area (TPSA) is 111 Å². The van der Waals surface area contributed by atoms with Crippen LogP contribution in [0.5, 0.6) is 0 Å². The third-order valence-corrected chi connectivity index (χ3v) is 5.67. The van der Waals surface area contributed by atoms with Crippen molar-refractivity contribution in [3.05, 3.63) is 11.4 Å². The molecule has 0 aliphatic rings. The van der Waals surface area contributed by atoms with Crippen molar-refractivity contribution in [2.75, 3.05) is 52.4 Å². The molecule has 0 aliphatic carbocycles. The Balaban J connectivity index is 3.81. The number of rotatable bonds is 10. The Bertz CT molecular complexity index is 805. The van der Waals surface area contributed by atoms with Gasteiger partial charge >= 0.3 is 0 Å². The molecule has 0 saturated heterocycles. The van der Waals surface area contributed by atoms with Crippen molar-refractivity contribution < 1.29 is 0 Å².